The molecule has 1 fully saturated rings. The Labute approximate surface area is 134 Å². The Hall–Kier alpha value is -2.70. The van der Waals surface area contributed by atoms with Crippen molar-refractivity contribution in [3.8, 4) is 5.69 Å². The minimum atomic E-state index is -0.149. The second-order valence-corrected chi connectivity index (χ2v) is 5.74. The highest BCUT2D eigenvalue weighted by molar-refractivity contribution is 5.98. The average molecular weight is 313 g/mol. The van der Waals surface area contributed by atoms with Crippen LogP contribution in [0.5, 0.6) is 0 Å². The molecule has 0 bridgehead atoms. The SMILES string of the molecule is Cc1ccc(-n2nccn2)c(C(=O)N2CCNC(=O)CC2C)c1. The predicted octanol–water partition coefficient (Wildman–Crippen LogP) is 0.926. The molecule has 1 saturated heterocycles. The van der Waals surface area contributed by atoms with E-state index < -0.39 is 0 Å². The average Bonchev–Trinajstić information content (AvgIpc) is 2.99. The van der Waals surface area contributed by atoms with E-state index in [0.29, 0.717) is 30.8 Å². The van der Waals surface area contributed by atoms with E-state index in [4.69, 9.17) is 0 Å². The fourth-order valence-electron chi connectivity index (χ4n) is 2.78. The summed E-state index contributed by atoms with van der Waals surface area (Å²) in [6.45, 7) is 4.79. The molecular formula is C16H19N5O2. The van der Waals surface area contributed by atoms with Crippen LogP contribution >= 0.6 is 0 Å². The fourth-order valence-corrected chi connectivity index (χ4v) is 2.78. The fraction of sp³-hybridized carbons (Fsp3) is 0.375. The number of aryl methyl sites for hydroxylation is 1. The van der Waals surface area contributed by atoms with Crippen molar-refractivity contribution >= 4 is 11.8 Å². The molecule has 23 heavy (non-hydrogen) atoms. The van der Waals surface area contributed by atoms with Crippen molar-refractivity contribution in [2.75, 3.05) is 13.1 Å². The van der Waals surface area contributed by atoms with Gasteiger partial charge in [0.15, 0.2) is 0 Å². The zero-order chi connectivity index (χ0) is 16.4. The van der Waals surface area contributed by atoms with Crippen molar-refractivity contribution in [2.24, 2.45) is 0 Å². The number of benzene rings is 1. The van der Waals surface area contributed by atoms with E-state index in [1.807, 2.05) is 32.0 Å². The minimum absolute atomic E-state index is 0.0222. The smallest absolute Gasteiger partial charge is 0.256 e. The third-order valence-electron chi connectivity index (χ3n) is 3.97. The summed E-state index contributed by atoms with van der Waals surface area (Å²) in [5, 5.41) is 11.0. The van der Waals surface area contributed by atoms with Crippen LogP contribution < -0.4 is 5.32 Å². The van der Waals surface area contributed by atoms with Crippen LogP contribution in [0.3, 0.4) is 0 Å². The third kappa shape index (κ3) is 3.08. The van der Waals surface area contributed by atoms with Crippen LogP contribution in [0.15, 0.2) is 30.6 Å². The van der Waals surface area contributed by atoms with Crippen LogP contribution in [0.2, 0.25) is 0 Å². The lowest BCUT2D eigenvalue weighted by atomic mass is 10.1. The molecule has 0 radical (unpaired) electrons. The Kier molecular flexibility index (Phi) is 4.10. The van der Waals surface area contributed by atoms with E-state index in [2.05, 4.69) is 15.5 Å². The summed E-state index contributed by atoms with van der Waals surface area (Å²) in [6.07, 6.45) is 3.46. The summed E-state index contributed by atoms with van der Waals surface area (Å²) in [5.74, 6) is -0.129. The van der Waals surface area contributed by atoms with Gasteiger partial charge in [-0.15, -0.1) is 0 Å². The number of amides is 2. The van der Waals surface area contributed by atoms with Gasteiger partial charge in [0.25, 0.3) is 5.91 Å². The van der Waals surface area contributed by atoms with E-state index >= 15 is 0 Å². The number of aromatic nitrogens is 3. The van der Waals surface area contributed by atoms with Crippen molar-refractivity contribution < 1.29 is 9.59 Å². The molecule has 1 aliphatic heterocycles. The molecule has 2 aromatic rings. The Morgan fingerprint density at radius 2 is 2.04 bits per heavy atom. The quantitative estimate of drug-likeness (QED) is 0.894. The molecule has 7 nitrogen and oxygen atoms in total. The summed E-state index contributed by atoms with van der Waals surface area (Å²) in [4.78, 5) is 27.9. The van der Waals surface area contributed by atoms with Crippen molar-refractivity contribution in [3.05, 3.63) is 41.7 Å². The number of rotatable bonds is 2. The lowest BCUT2D eigenvalue weighted by Gasteiger charge is -2.27. The molecule has 3 rings (SSSR count). The zero-order valence-electron chi connectivity index (χ0n) is 13.2. The highest BCUT2D eigenvalue weighted by atomic mass is 16.2. The maximum Gasteiger partial charge on any atom is 0.256 e. The summed E-state index contributed by atoms with van der Waals surface area (Å²) >= 11 is 0. The van der Waals surface area contributed by atoms with E-state index in [9.17, 15) is 9.59 Å². The number of carbonyl (C=O) groups is 2. The number of hydrogen-bond donors (Lipinski definition) is 1. The monoisotopic (exact) mass is 313 g/mol. The molecule has 2 heterocycles. The predicted molar refractivity (Wildman–Crippen MR) is 84.2 cm³/mol. The molecular weight excluding hydrogens is 294 g/mol. The Balaban J connectivity index is 1.98. The van der Waals surface area contributed by atoms with Gasteiger partial charge in [-0.05, 0) is 26.0 Å². The number of hydrogen-bond acceptors (Lipinski definition) is 4. The van der Waals surface area contributed by atoms with Gasteiger partial charge in [-0.3, -0.25) is 9.59 Å². The van der Waals surface area contributed by atoms with Crippen LogP contribution in [0.4, 0.5) is 0 Å². The van der Waals surface area contributed by atoms with Crippen LogP contribution in [0.1, 0.15) is 29.3 Å². The maximum atomic E-state index is 13.1. The van der Waals surface area contributed by atoms with Gasteiger partial charge in [-0.1, -0.05) is 11.6 Å². The first-order valence-corrected chi connectivity index (χ1v) is 7.61. The van der Waals surface area contributed by atoms with Crippen LogP contribution in [-0.4, -0.2) is 50.8 Å². The van der Waals surface area contributed by atoms with Gasteiger partial charge in [0.1, 0.15) is 0 Å². The molecule has 0 spiro atoms. The van der Waals surface area contributed by atoms with Gasteiger partial charge in [-0.2, -0.15) is 15.0 Å². The molecule has 1 atom stereocenters. The molecule has 7 heteroatoms. The zero-order valence-corrected chi connectivity index (χ0v) is 13.2. The summed E-state index contributed by atoms with van der Waals surface area (Å²) in [7, 11) is 0. The second-order valence-electron chi connectivity index (χ2n) is 5.74. The molecule has 1 aromatic heterocycles. The minimum Gasteiger partial charge on any atom is -0.354 e. The van der Waals surface area contributed by atoms with E-state index in [1.165, 1.54) is 4.80 Å². The standard InChI is InChI=1S/C16H19N5O2/c1-11-3-4-14(21-18-5-6-19-21)13(9-11)16(23)20-8-7-17-15(22)10-12(20)2/h3-6,9,12H,7-8,10H2,1-2H3,(H,17,22). The van der Waals surface area contributed by atoms with Crippen molar-refractivity contribution in [3.63, 3.8) is 0 Å². The normalized spacial score (nSPS) is 18.4. The number of nitrogens with one attached hydrogen (secondary N) is 1. The first-order chi connectivity index (χ1) is 11.1. The maximum absolute atomic E-state index is 13.1. The highest BCUT2D eigenvalue weighted by Crippen LogP contribution is 2.20. The molecule has 1 aromatic carbocycles. The number of carbonyl (C=O) groups excluding carboxylic acids is 2. The Morgan fingerprint density at radius 3 is 2.78 bits per heavy atom. The van der Waals surface area contributed by atoms with Gasteiger partial charge in [0.2, 0.25) is 5.91 Å². The largest absolute Gasteiger partial charge is 0.354 e. The molecule has 1 unspecified atom stereocenters. The topological polar surface area (TPSA) is 80.1 Å². The van der Waals surface area contributed by atoms with Gasteiger partial charge in [-0.25, -0.2) is 0 Å². The van der Waals surface area contributed by atoms with Crippen molar-refractivity contribution in [1.82, 2.24) is 25.2 Å². The first kappa shape index (κ1) is 15.2. The van der Waals surface area contributed by atoms with Gasteiger partial charge >= 0.3 is 0 Å². The summed E-state index contributed by atoms with van der Waals surface area (Å²) in [5.41, 5.74) is 2.17. The summed E-state index contributed by atoms with van der Waals surface area (Å²) < 4.78 is 0. The molecule has 1 N–H and O–H groups in total. The molecule has 0 saturated carbocycles. The van der Waals surface area contributed by atoms with E-state index in [0.717, 1.165) is 5.56 Å². The Bertz CT molecular complexity index is 726. The first-order valence-electron chi connectivity index (χ1n) is 7.61. The van der Waals surface area contributed by atoms with Crippen LogP contribution in [0, 0.1) is 6.92 Å². The third-order valence-corrected chi connectivity index (χ3v) is 3.97. The molecule has 2 amide bonds. The van der Waals surface area contributed by atoms with Gasteiger partial charge in [0.05, 0.1) is 23.6 Å². The number of nitrogens with zero attached hydrogens (tertiary/aromatic N) is 4. The molecule has 120 valence electrons. The van der Waals surface area contributed by atoms with Gasteiger partial charge in [0, 0.05) is 25.6 Å². The Morgan fingerprint density at radius 1 is 1.30 bits per heavy atom. The van der Waals surface area contributed by atoms with Crippen molar-refractivity contribution in [2.45, 2.75) is 26.3 Å². The molecule has 1 aliphatic rings. The summed E-state index contributed by atoms with van der Waals surface area (Å²) in [6, 6.07) is 5.46. The highest BCUT2D eigenvalue weighted by Gasteiger charge is 2.28. The lowest BCUT2D eigenvalue weighted by molar-refractivity contribution is -0.121. The second kappa shape index (κ2) is 6.20. The van der Waals surface area contributed by atoms with Crippen molar-refractivity contribution in [1.29, 1.82) is 0 Å². The van der Waals surface area contributed by atoms with Gasteiger partial charge < -0.3 is 10.2 Å². The lowest BCUT2D eigenvalue weighted by Crippen LogP contribution is -2.40. The molecule has 0 aliphatic carbocycles. The van der Waals surface area contributed by atoms with Crippen LogP contribution in [0.25, 0.3) is 5.69 Å². The van der Waals surface area contributed by atoms with E-state index in [1.54, 1.807) is 17.3 Å². The van der Waals surface area contributed by atoms with Crippen LogP contribution in [-0.2, 0) is 4.79 Å². The van der Waals surface area contributed by atoms with E-state index in [-0.39, 0.29) is 17.9 Å².